The van der Waals surface area contributed by atoms with Crippen molar-refractivity contribution in [2.24, 2.45) is 11.7 Å². The molecule has 1 rings (SSSR count). The Labute approximate surface area is 101 Å². The molecular formula is C9H19N3O4S. The van der Waals surface area contributed by atoms with Crippen molar-refractivity contribution in [1.29, 1.82) is 0 Å². The summed E-state index contributed by atoms with van der Waals surface area (Å²) in [6.07, 6.45) is 0.336. The molecule has 0 radical (unpaired) electrons. The van der Waals surface area contributed by atoms with E-state index >= 15 is 0 Å². The molecule has 1 saturated heterocycles. The molecule has 0 aromatic carbocycles. The number of rotatable bonds is 5. The summed E-state index contributed by atoms with van der Waals surface area (Å²) in [5.74, 6) is -0.624. The molecule has 1 heterocycles. The topological polar surface area (TPSA) is 113 Å². The van der Waals surface area contributed by atoms with Crippen LogP contribution in [0.1, 0.15) is 19.8 Å². The van der Waals surface area contributed by atoms with E-state index in [1.807, 2.05) is 6.92 Å². The molecule has 0 aromatic heterocycles. The van der Waals surface area contributed by atoms with Crippen molar-refractivity contribution in [2.75, 3.05) is 19.6 Å². The van der Waals surface area contributed by atoms with E-state index in [2.05, 4.69) is 4.72 Å². The molecule has 1 fully saturated rings. The fraction of sp³-hybridized carbons (Fsp3) is 0.889. The number of piperidine rings is 1. The average Bonchev–Trinajstić information content (AvgIpc) is 2.26. The van der Waals surface area contributed by atoms with E-state index < -0.39 is 22.2 Å². The van der Waals surface area contributed by atoms with E-state index in [9.17, 15) is 13.2 Å². The number of nitrogens with zero attached hydrogens (tertiary/aromatic N) is 1. The molecular weight excluding hydrogens is 246 g/mol. The fourth-order valence-electron chi connectivity index (χ4n) is 1.74. The molecule has 8 heteroatoms. The van der Waals surface area contributed by atoms with Gasteiger partial charge in [0.1, 0.15) is 6.10 Å². The van der Waals surface area contributed by atoms with Crippen molar-refractivity contribution >= 4 is 16.1 Å². The van der Waals surface area contributed by atoms with Crippen molar-refractivity contribution in [3.05, 3.63) is 0 Å². The second kappa shape index (κ2) is 5.76. The first-order valence-corrected chi connectivity index (χ1v) is 6.99. The van der Waals surface area contributed by atoms with Gasteiger partial charge in [-0.2, -0.15) is 17.4 Å². The van der Waals surface area contributed by atoms with Gasteiger partial charge in [0.25, 0.3) is 10.2 Å². The van der Waals surface area contributed by atoms with Gasteiger partial charge >= 0.3 is 0 Å². The molecule has 4 N–H and O–H groups in total. The van der Waals surface area contributed by atoms with Crippen LogP contribution in [0.5, 0.6) is 0 Å². The predicted molar refractivity (Wildman–Crippen MR) is 62.1 cm³/mol. The summed E-state index contributed by atoms with van der Waals surface area (Å²) in [5, 5.41) is 9.12. The van der Waals surface area contributed by atoms with Crippen LogP contribution in [-0.2, 0) is 15.0 Å². The molecule has 0 bridgehead atoms. The first-order valence-electron chi connectivity index (χ1n) is 5.55. The molecule has 1 aliphatic rings. The summed E-state index contributed by atoms with van der Waals surface area (Å²) < 4.78 is 27.1. The third kappa shape index (κ3) is 4.23. The van der Waals surface area contributed by atoms with Gasteiger partial charge in [-0.1, -0.05) is 6.92 Å². The highest BCUT2D eigenvalue weighted by Gasteiger charge is 2.27. The molecule has 1 amide bonds. The Bertz CT molecular complexity index is 370. The SMILES string of the molecule is CC1CCCN(S(=O)(=O)NCC(O)C(N)=O)C1. The van der Waals surface area contributed by atoms with Gasteiger partial charge in [-0.3, -0.25) is 4.79 Å². The van der Waals surface area contributed by atoms with Gasteiger partial charge in [0.2, 0.25) is 5.91 Å². The standard InChI is InChI=1S/C9H19N3O4S/c1-7-3-2-4-12(6-7)17(15,16)11-5-8(13)9(10)14/h7-8,11,13H,2-6H2,1H3,(H2,10,14). The molecule has 0 aromatic rings. The van der Waals surface area contributed by atoms with Crippen molar-refractivity contribution < 1.29 is 18.3 Å². The summed E-state index contributed by atoms with van der Waals surface area (Å²) in [7, 11) is -3.63. The van der Waals surface area contributed by atoms with Crippen molar-refractivity contribution in [1.82, 2.24) is 9.03 Å². The van der Waals surface area contributed by atoms with Crippen LogP contribution in [0.15, 0.2) is 0 Å². The van der Waals surface area contributed by atoms with E-state index in [0.29, 0.717) is 19.0 Å². The number of hydrogen-bond donors (Lipinski definition) is 3. The number of primary amides is 1. The first-order chi connectivity index (χ1) is 7.83. The third-order valence-corrected chi connectivity index (χ3v) is 4.29. The maximum Gasteiger partial charge on any atom is 0.279 e. The van der Waals surface area contributed by atoms with Gasteiger partial charge < -0.3 is 10.8 Å². The zero-order valence-electron chi connectivity index (χ0n) is 9.80. The molecule has 100 valence electrons. The Morgan fingerprint density at radius 1 is 1.65 bits per heavy atom. The smallest absolute Gasteiger partial charge is 0.279 e. The summed E-state index contributed by atoms with van der Waals surface area (Å²) in [6, 6.07) is 0. The second-order valence-corrected chi connectivity index (χ2v) is 6.13. The van der Waals surface area contributed by atoms with Crippen LogP contribution < -0.4 is 10.5 Å². The van der Waals surface area contributed by atoms with Crippen LogP contribution in [0.2, 0.25) is 0 Å². The van der Waals surface area contributed by atoms with Crippen LogP contribution >= 0.6 is 0 Å². The fourth-order valence-corrected chi connectivity index (χ4v) is 3.11. The Morgan fingerprint density at radius 2 is 2.29 bits per heavy atom. The van der Waals surface area contributed by atoms with Crippen LogP contribution in [0.4, 0.5) is 0 Å². The summed E-state index contributed by atoms with van der Waals surface area (Å²) >= 11 is 0. The Morgan fingerprint density at radius 3 is 2.82 bits per heavy atom. The predicted octanol–water partition coefficient (Wildman–Crippen LogP) is -1.60. The van der Waals surface area contributed by atoms with Crippen molar-refractivity contribution in [3.63, 3.8) is 0 Å². The normalized spacial score (nSPS) is 24.5. The molecule has 2 unspecified atom stereocenters. The number of nitrogens with two attached hydrogens (primary N) is 1. The number of amides is 1. The molecule has 7 nitrogen and oxygen atoms in total. The number of hydrogen-bond acceptors (Lipinski definition) is 4. The minimum atomic E-state index is -3.63. The van der Waals surface area contributed by atoms with Crippen LogP contribution in [0.25, 0.3) is 0 Å². The highest BCUT2D eigenvalue weighted by atomic mass is 32.2. The van der Waals surface area contributed by atoms with E-state index in [4.69, 9.17) is 10.8 Å². The summed E-state index contributed by atoms with van der Waals surface area (Å²) in [6.45, 7) is 2.52. The summed E-state index contributed by atoms with van der Waals surface area (Å²) in [4.78, 5) is 10.6. The molecule has 1 aliphatic heterocycles. The molecule has 2 atom stereocenters. The van der Waals surface area contributed by atoms with Crippen molar-refractivity contribution in [3.8, 4) is 0 Å². The van der Waals surface area contributed by atoms with E-state index in [1.165, 1.54) is 4.31 Å². The van der Waals surface area contributed by atoms with E-state index in [1.54, 1.807) is 0 Å². The maximum absolute atomic E-state index is 11.8. The number of carbonyl (C=O) groups excluding carboxylic acids is 1. The zero-order chi connectivity index (χ0) is 13.1. The third-order valence-electron chi connectivity index (χ3n) is 2.75. The second-order valence-electron chi connectivity index (χ2n) is 4.38. The molecule has 0 spiro atoms. The van der Waals surface area contributed by atoms with Crippen LogP contribution in [0.3, 0.4) is 0 Å². The average molecular weight is 265 g/mol. The van der Waals surface area contributed by atoms with Crippen molar-refractivity contribution in [2.45, 2.75) is 25.9 Å². The minimum Gasteiger partial charge on any atom is -0.382 e. The Hall–Kier alpha value is -0.700. The number of aliphatic hydroxyl groups is 1. The lowest BCUT2D eigenvalue weighted by atomic mass is 10.0. The number of carbonyl (C=O) groups is 1. The summed E-state index contributed by atoms with van der Waals surface area (Å²) in [5.41, 5.74) is 4.83. The van der Waals surface area contributed by atoms with Crippen LogP contribution in [0, 0.1) is 5.92 Å². The zero-order valence-corrected chi connectivity index (χ0v) is 10.6. The van der Waals surface area contributed by atoms with Gasteiger partial charge in [-0.15, -0.1) is 0 Å². The lowest BCUT2D eigenvalue weighted by molar-refractivity contribution is -0.125. The van der Waals surface area contributed by atoms with Crippen LogP contribution in [-0.4, -0.2) is 49.5 Å². The largest absolute Gasteiger partial charge is 0.382 e. The van der Waals surface area contributed by atoms with E-state index in [0.717, 1.165) is 12.8 Å². The molecule has 0 saturated carbocycles. The minimum absolute atomic E-state index is 0.321. The lowest BCUT2D eigenvalue weighted by Gasteiger charge is -2.30. The number of nitrogens with one attached hydrogen (secondary N) is 1. The van der Waals surface area contributed by atoms with Gasteiger partial charge in [0.15, 0.2) is 0 Å². The first kappa shape index (κ1) is 14.4. The van der Waals surface area contributed by atoms with Gasteiger partial charge in [-0.05, 0) is 18.8 Å². The Kier molecular flexibility index (Phi) is 4.87. The number of aliphatic hydroxyl groups excluding tert-OH is 1. The Balaban J connectivity index is 2.53. The lowest BCUT2D eigenvalue weighted by Crippen LogP contribution is -2.48. The molecule has 17 heavy (non-hydrogen) atoms. The highest BCUT2D eigenvalue weighted by molar-refractivity contribution is 7.87. The monoisotopic (exact) mass is 265 g/mol. The molecule has 0 aliphatic carbocycles. The van der Waals surface area contributed by atoms with E-state index in [-0.39, 0.29) is 6.54 Å². The maximum atomic E-state index is 11.8. The van der Waals surface area contributed by atoms with Gasteiger partial charge in [0, 0.05) is 19.6 Å². The quantitative estimate of drug-likeness (QED) is 0.555. The van der Waals surface area contributed by atoms with Gasteiger partial charge in [0.05, 0.1) is 0 Å². The van der Waals surface area contributed by atoms with Gasteiger partial charge in [-0.25, -0.2) is 0 Å². The highest BCUT2D eigenvalue weighted by Crippen LogP contribution is 2.17.